The van der Waals surface area contributed by atoms with Crippen LogP contribution in [-0.2, 0) is 20.2 Å². The quantitative estimate of drug-likeness (QED) is 0.0786. The molecule has 0 unspecified atom stereocenters. The molecule has 0 saturated heterocycles. The minimum Gasteiger partial charge on any atom is -0.354 e. The van der Waals surface area contributed by atoms with Gasteiger partial charge in [0.2, 0.25) is 0 Å². The highest BCUT2D eigenvalue weighted by Crippen LogP contribution is 2.49. The minimum absolute atomic E-state index is 0.0522. The number of benzene rings is 4. The summed E-state index contributed by atoms with van der Waals surface area (Å²) in [6, 6.07) is 36.6. The van der Waals surface area contributed by atoms with E-state index in [4.69, 9.17) is 0 Å². The van der Waals surface area contributed by atoms with Crippen LogP contribution < -0.4 is 21.4 Å². The molecule has 16 nitrogen and oxygen atoms in total. The van der Waals surface area contributed by atoms with E-state index < -0.39 is 51.8 Å². The van der Waals surface area contributed by atoms with Gasteiger partial charge in [0, 0.05) is 88.7 Å². The van der Waals surface area contributed by atoms with Crippen LogP contribution in [0.2, 0.25) is 0 Å². The molecule has 0 atom stereocenters. The zero-order valence-corrected chi connectivity index (χ0v) is 36.0. The summed E-state index contributed by atoms with van der Waals surface area (Å²) in [7, 11) is -18.4. The zero-order chi connectivity index (χ0) is 45.3. The second-order valence-corrected chi connectivity index (χ2v) is 20.3. The molecule has 0 spiro atoms. The van der Waals surface area contributed by atoms with Crippen LogP contribution in [0.4, 0.5) is 0 Å². The molecule has 1 aliphatic rings. The molecule has 328 valence electrons. The van der Waals surface area contributed by atoms with Gasteiger partial charge in [-0.3, -0.25) is 9.11 Å². The van der Waals surface area contributed by atoms with E-state index in [2.05, 4.69) is 19.9 Å². The van der Waals surface area contributed by atoms with Gasteiger partial charge in [0.05, 0.1) is 9.79 Å². The average molecular weight is 941 g/mol. The van der Waals surface area contributed by atoms with E-state index in [9.17, 15) is 53.3 Å². The summed E-state index contributed by atoms with van der Waals surface area (Å²) in [5.74, 6) is 0. The van der Waals surface area contributed by atoms with E-state index in [-0.39, 0.29) is 76.4 Å². The highest BCUT2D eigenvalue weighted by atomic mass is 32.3. The van der Waals surface area contributed by atoms with Crippen LogP contribution in [0.3, 0.4) is 0 Å². The molecule has 8 aromatic rings. The molecule has 20 heteroatoms. The molecule has 0 fully saturated rings. The Morgan fingerprint density at radius 3 is 0.766 bits per heavy atom. The number of hydrogen-bond acceptors (Lipinski definition) is 10. The van der Waals surface area contributed by atoms with Crippen LogP contribution >= 0.6 is 21.7 Å². The zero-order valence-electron chi connectivity index (χ0n) is 32.7. The van der Waals surface area contributed by atoms with Crippen molar-refractivity contribution in [3.8, 4) is 0 Å². The topological polar surface area (TPSA) is 293 Å². The third-order valence-corrected chi connectivity index (χ3v) is 14.4. The fourth-order valence-electron chi connectivity index (χ4n) is 8.11. The maximum atomic E-state index is 12.9. The Kier molecular flexibility index (Phi) is 10.6. The van der Waals surface area contributed by atoms with Gasteiger partial charge in [0.1, 0.15) is 31.5 Å². The van der Waals surface area contributed by atoms with E-state index in [0.717, 1.165) is 0 Å². The monoisotopic (exact) mass is 940 g/mol. The van der Waals surface area contributed by atoms with Gasteiger partial charge >= 0.3 is 0 Å². The summed E-state index contributed by atoms with van der Waals surface area (Å²) in [5.41, 5.74) is 2.61. The lowest BCUT2D eigenvalue weighted by Gasteiger charge is -2.23. The van der Waals surface area contributed by atoms with Crippen molar-refractivity contribution in [1.82, 2.24) is 19.9 Å². The molecule has 4 aromatic heterocycles. The van der Waals surface area contributed by atoms with Crippen molar-refractivity contribution in [3.63, 3.8) is 0 Å². The number of H-pyrrole nitrogens is 4. The van der Waals surface area contributed by atoms with Crippen LogP contribution in [0, 0.1) is 0 Å². The first kappa shape index (κ1) is 43.0. The number of fused-ring (bicyclic) bond motifs is 8. The molecule has 8 bridgehead atoms. The number of aromatic amines is 4. The first-order valence-electron chi connectivity index (χ1n) is 18.9. The van der Waals surface area contributed by atoms with Gasteiger partial charge in [-0.25, -0.2) is 0 Å². The van der Waals surface area contributed by atoms with Gasteiger partial charge < -0.3 is 47.3 Å². The molecule has 64 heavy (non-hydrogen) atoms. The van der Waals surface area contributed by atoms with Gasteiger partial charge in [0.15, 0.2) is 0 Å². The predicted octanol–water partition coefficient (Wildman–Crippen LogP) is 5.96. The number of aromatic nitrogens is 4. The van der Waals surface area contributed by atoms with Crippen LogP contribution in [0.5, 0.6) is 0 Å². The Morgan fingerprint density at radius 2 is 0.516 bits per heavy atom. The first-order chi connectivity index (χ1) is 30.3. The maximum Gasteiger partial charge on any atom is 0.295 e. The Balaban J connectivity index is 1.51. The normalized spacial score (nSPS) is 14.2. The largest absolute Gasteiger partial charge is 0.354 e. The van der Waals surface area contributed by atoms with Crippen LogP contribution in [0.15, 0.2) is 165 Å². The minimum atomic E-state index is -4.85. The van der Waals surface area contributed by atoms with Crippen molar-refractivity contribution in [2.75, 3.05) is 0 Å². The second kappa shape index (κ2) is 15.8. The number of hydrogen-bond donors (Lipinski definition) is 12. The van der Waals surface area contributed by atoms with E-state index in [1.165, 1.54) is 60.7 Å². The summed E-state index contributed by atoms with van der Waals surface area (Å²) in [4.78, 5) is 12.0. The molecule has 9 rings (SSSR count). The van der Waals surface area contributed by atoms with E-state index in [1.54, 1.807) is 84.9 Å². The van der Waals surface area contributed by atoms with Crippen molar-refractivity contribution in [2.45, 2.75) is 19.6 Å². The Labute approximate surface area is 367 Å². The summed E-state index contributed by atoms with van der Waals surface area (Å²) in [5, 5.41) is 1.17. The van der Waals surface area contributed by atoms with Crippen molar-refractivity contribution >= 4 is 64.3 Å². The lowest BCUT2D eigenvalue weighted by Crippen LogP contribution is -2.20. The third kappa shape index (κ3) is 7.87. The molecule has 4 aromatic carbocycles. The summed E-state index contributed by atoms with van der Waals surface area (Å²) in [6.07, 6.45) is 0. The van der Waals surface area contributed by atoms with Crippen molar-refractivity contribution in [2.24, 2.45) is 0 Å². The highest BCUT2D eigenvalue weighted by Gasteiger charge is 2.28. The lowest BCUT2D eigenvalue weighted by atomic mass is 10.0. The lowest BCUT2D eigenvalue weighted by molar-refractivity contribution is 0.373. The van der Waals surface area contributed by atoms with Gasteiger partial charge in [0.25, 0.3) is 20.2 Å². The van der Waals surface area contributed by atoms with E-state index >= 15 is 0 Å². The Morgan fingerprint density at radius 1 is 0.281 bits per heavy atom. The molecule has 1 aliphatic heterocycles. The van der Waals surface area contributed by atoms with Crippen LogP contribution in [-0.4, -0.2) is 73.2 Å². The van der Waals surface area contributed by atoms with Gasteiger partial charge in [-0.15, -0.1) is 0 Å². The van der Waals surface area contributed by atoms with Crippen LogP contribution in [0.25, 0.3) is 22.3 Å². The number of nitrogens with one attached hydrogen (secondary N) is 4. The van der Waals surface area contributed by atoms with Crippen molar-refractivity contribution < 1.29 is 53.3 Å². The molecule has 0 saturated carbocycles. The summed E-state index contributed by atoms with van der Waals surface area (Å²) in [6.45, 7) is 0. The Hall–Kier alpha value is -6.24. The second-order valence-electron chi connectivity index (χ2n) is 14.6. The molecular weight excluding hydrogens is 905 g/mol. The molecule has 0 aliphatic carbocycles. The summed E-state index contributed by atoms with van der Waals surface area (Å²) < 4.78 is 137. The number of rotatable bonds is 8. The van der Waals surface area contributed by atoms with Gasteiger partial charge in [-0.05, 0) is 72.8 Å². The fraction of sp³-hybridized carbons (Fsp3) is 0. The predicted molar refractivity (Wildman–Crippen MR) is 241 cm³/mol. The smallest absolute Gasteiger partial charge is 0.295 e. The first-order valence-corrected chi connectivity index (χ1v) is 24.8. The standard InChI is InChI=1S/C44H36N4O12S4/c49-61(50,51)37-13-5-1-9-25(37)41-29-17-19-31(45-29)42(26-10-2-6-14-38(26)62(52,53)54)33-21-23-35(47-33)44(28-12-4-8-16-40(28)64(58,59)60)36-24-22-34(48-36)43(32-20-18-30(41)46-32)27-11-3-7-15-39(27)63(55,56)57/h1-24,45-54H,(H,55,56,57)(H,58,59,60). The van der Waals surface area contributed by atoms with E-state index in [0.29, 0.717) is 22.1 Å². The van der Waals surface area contributed by atoms with Crippen molar-refractivity contribution in [1.29, 1.82) is 0 Å². The fourth-order valence-corrected chi connectivity index (χ4v) is 11.0. The molecular formula is C44H36N4O12S4. The van der Waals surface area contributed by atoms with E-state index in [1.807, 2.05) is 0 Å². The highest BCUT2D eigenvalue weighted by molar-refractivity contribution is 8.19. The average Bonchev–Trinajstić information content (AvgIpc) is 4.08. The molecule has 0 amide bonds. The Bertz CT molecular complexity index is 3430. The summed E-state index contributed by atoms with van der Waals surface area (Å²) >= 11 is 0. The van der Waals surface area contributed by atoms with Crippen LogP contribution in [0.1, 0.15) is 45.0 Å². The SMILES string of the molecule is O=S(=O)(O)c1ccccc1C1=c2ccc([nH]2)=C(c2ccccc2S(=O)(=O)O)c2ccc([nH]2)C(c2ccccc2S(O)(O)O)=c2ccc([nH]2)=C(c2ccccc2S(O)(O)O)c2ccc1[nH]2. The third-order valence-electron chi connectivity index (χ3n) is 10.7. The molecule has 12 N–H and O–H groups in total. The molecule has 0 radical (unpaired) electrons. The maximum absolute atomic E-state index is 12.9. The van der Waals surface area contributed by atoms with Gasteiger partial charge in [-0.1, -0.05) is 72.8 Å². The van der Waals surface area contributed by atoms with Gasteiger partial charge in [-0.2, -0.15) is 16.8 Å². The molecule has 5 heterocycles. The van der Waals surface area contributed by atoms with Crippen molar-refractivity contribution in [3.05, 3.63) is 212 Å².